The predicted octanol–water partition coefficient (Wildman–Crippen LogP) is 3.59. The molecule has 4 rings (SSSR count). The molecule has 1 aromatic heterocycles. The number of para-hydroxylation sites is 1. The molecule has 0 bridgehead atoms. The number of amides is 4. The second-order valence-electron chi connectivity index (χ2n) is 6.51. The summed E-state index contributed by atoms with van der Waals surface area (Å²) in [7, 11) is 0. The molecule has 0 spiro atoms. The maximum Gasteiger partial charge on any atom is 0.335 e. The number of barbiturate groups is 1. The summed E-state index contributed by atoms with van der Waals surface area (Å²) < 4.78 is 15.5. The predicted molar refractivity (Wildman–Crippen MR) is 106 cm³/mol. The summed E-state index contributed by atoms with van der Waals surface area (Å²) in [6.07, 6.45) is 1.43. The van der Waals surface area contributed by atoms with Crippen molar-refractivity contribution in [3.8, 4) is 5.69 Å². The van der Waals surface area contributed by atoms with Crippen LogP contribution in [-0.2, 0) is 9.59 Å². The van der Waals surface area contributed by atoms with Gasteiger partial charge >= 0.3 is 6.03 Å². The van der Waals surface area contributed by atoms with Gasteiger partial charge in [0.05, 0.1) is 5.69 Å². The molecule has 1 aliphatic rings. The molecule has 6 nitrogen and oxygen atoms in total. The summed E-state index contributed by atoms with van der Waals surface area (Å²) in [4.78, 5) is 38.3. The zero-order chi connectivity index (χ0) is 20.5. The van der Waals surface area contributed by atoms with Crippen LogP contribution in [0.25, 0.3) is 11.8 Å². The number of nitrogens with one attached hydrogen (secondary N) is 1. The number of carbonyl (C=O) groups is 3. The van der Waals surface area contributed by atoms with Crippen LogP contribution in [0.2, 0.25) is 0 Å². The SMILES string of the molecule is Cc1ccc(/C=C2\C(=O)NC(=O)N(c3cccc(F)c3)C2=O)n1-c1ccccc1. The molecule has 2 heterocycles. The lowest BCUT2D eigenvalue weighted by atomic mass is 10.1. The first-order valence-corrected chi connectivity index (χ1v) is 8.86. The van der Waals surface area contributed by atoms with E-state index in [1.807, 2.05) is 47.9 Å². The second-order valence-corrected chi connectivity index (χ2v) is 6.51. The van der Waals surface area contributed by atoms with Crippen LogP contribution in [0.5, 0.6) is 0 Å². The number of aromatic nitrogens is 1. The number of carbonyl (C=O) groups excluding carboxylic acids is 3. The Kier molecular flexibility index (Phi) is 4.56. The third kappa shape index (κ3) is 3.34. The van der Waals surface area contributed by atoms with E-state index < -0.39 is 23.7 Å². The third-order valence-electron chi connectivity index (χ3n) is 4.58. The van der Waals surface area contributed by atoms with E-state index in [1.54, 1.807) is 6.07 Å². The van der Waals surface area contributed by atoms with Crippen LogP contribution in [0, 0.1) is 12.7 Å². The number of anilines is 1. The van der Waals surface area contributed by atoms with Crippen LogP contribution in [0.4, 0.5) is 14.9 Å². The summed E-state index contributed by atoms with van der Waals surface area (Å²) in [5, 5.41) is 2.14. The zero-order valence-electron chi connectivity index (χ0n) is 15.4. The largest absolute Gasteiger partial charge is 0.335 e. The highest BCUT2D eigenvalue weighted by Gasteiger charge is 2.37. The zero-order valence-corrected chi connectivity index (χ0v) is 15.4. The average Bonchev–Trinajstić information content (AvgIpc) is 3.06. The standard InChI is InChI=1S/C22H16FN3O3/c1-14-10-11-18(25(14)16-7-3-2-4-8-16)13-19-20(27)24-22(29)26(21(19)28)17-9-5-6-15(23)12-17/h2-13H,1H3,(H,24,27,29)/b19-13+. The van der Waals surface area contributed by atoms with Gasteiger partial charge in [0.25, 0.3) is 11.8 Å². The van der Waals surface area contributed by atoms with Gasteiger partial charge in [-0.1, -0.05) is 24.3 Å². The van der Waals surface area contributed by atoms with Crippen molar-refractivity contribution >= 4 is 29.6 Å². The number of hydrogen-bond acceptors (Lipinski definition) is 3. The summed E-state index contributed by atoms with van der Waals surface area (Å²) in [5.74, 6) is -2.21. The van der Waals surface area contributed by atoms with E-state index in [-0.39, 0.29) is 11.3 Å². The number of halogens is 1. The molecule has 1 saturated heterocycles. The molecule has 1 aliphatic heterocycles. The molecule has 0 aliphatic carbocycles. The molecule has 2 aromatic carbocycles. The first-order chi connectivity index (χ1) is 14.0. The lowest BCUT2D eigenvalue weighted by Gasteiger charge is -2.26. The Hall–Kier alpha value is -4.00. The topological polar surface area (TPSA) is 71.4 Å². The van der Waals surface area contributed by atoms with Crippen molar-refractivity contribution in [1.82, 2.24) is 9.88 Å². The molecule has 1 N–H and O–H groups in total. The van der Waals surface area contributed by atoms with E-state index >= 15 is 0 Å². The van der Waals surface area contributed by atoms with E-state index in [1.165, 1.54) is 24.3 Å². The highest BCUT2D eigenvalue weighted by molar-refractivity contribution is 6.39. The monoisotopic (exact) mass is 389 g/mol. The highest BCUT2D eigenvalue weighted by Crippen LogP contribution is 2.24. The van der Waals surface area contributed by atoms with Gasteiger partial charge in [0, 0.05) is 17.1 Å². The van der Waals surface area contributed by atoms with E-state index in [0.717, 1.165) is 22.3 Å². The molecular formula is C22H16FN3O3. The number of aryl methyl sites for hydroxylation is 1. The lowest BCUT2D eigenvalue weighted by molar-refractivity contribution is -0.122. The Labute approximate surface area is 165 Å². The summed E-state index contributed by atoms with van der Waals surface area (Å²) in [6, 6.07) is 17.2. The molecule has 0 atom stereocenters. The van der Waals surface area contributed by atoms with Crippen molar-refractivity contribution in [3.05, 3.63) is 89.5 Å². The van der Waals surface area contributed by atoms with Crippen LogP contribution in [0.3, 0.4) is 0 Å². The first-order valence-electron chi connectivity index (χ1n) is 8.86. The number of benzene rings is 2. The maximum absolute atomic E-state index is 13.6. The van der Waals surface area contributed by atoms with E-state index in [9.17, 15) is 18.8 Å². The Bertz CT molecular complexity index is 1170. The minimum Gasteiger partial charge on any atom is -0.314 e. The maximum atomic E-state index is 13.6. The fourth-order valence-electron chi connectivity index (χ4n) is 3.26. The number of urea groups is 1. The molecule has 4 amide bonds. The van der Waals surface area contributed by atoms with Crippen LogP contribution in [-0.4, -0.2) is 22.4 Å². The van der Waals surface area contributed by atoms with Crippen LogP contribution >= 0.6 is 0 Å². The fraction of sp³-hybridized carbons (Fsp3) is 0.0455. The summed E-state index contributed by atoms with van der Waals surface area (Å²) >= 11 is 0. The van der Waals surface area contributed by atoms with Crippen molar-refractivity contribution in [2.45, 2.75) is 6.92 Å². The van der Waals surface area contributed by atoms with Crippen LogP contribution in [0.15, 0.2) is 72.3 Å². The van der Waals surface area contributed by atoms with Gasteiger partial charge in [0.15, 0.2) is 0 Å². The van der Waals surface area contributed by atoms with Gasteiger partial charge in [0.2, 0.25) is 0 Å². The Balaban J connectivity index is 1.79. The van der Waals surface area contributed by atoms with Crippen LogP contribution < -0.4 is 10.2 Å². The van der Waals surface area contributed by atoms with Gasteiger partial charge < -0.3 is 4.57 Å². The van der Waals surface area contributed by atoms with Crippen molar-refractivity contribution in [2.24, 2.45) is 0 Å². The number of imide groups is 2. The minimum atomic E-state index is -0.919. The van der Waals surface area contributed by atoms with Crippen molar-refractivity contribution in [2.75, 3.05) is 4.90 Å². The third-order valence-corrected chi connectivity index (χ3v) is 4.58. The fourth-order valence-corrected chi connectivity index (χ4v) is 3.26. The van der Waals surface area contributed by atoms with Crippen molar-refractivity contribution in [1.29, 1.82) is 0 Å². The molecule has 144 valence electrons. The smallest absolute Gasteiger partial charge is 0.314 e. The molecule has 29 heavy (non-hydrogen) atoms. The Morgan fingerprint density at radius 1 is 0.897 bits per heavy atom. The van der Waals surface area contributed by atoms with Gasteiger partial charge in [-0.25, -0.2) is 14.1 Å². The Morgan fingerprint density at radius 3 is 2.34 bits per heavy atom. The average molecular weight is 389 g/mol. The molecular weight excluding hydrogens is 373 g/mol. The van der Waals surface area contributed by atoms with Gasteiger partial charge in [-0.05, 0) is 55.5 Å². The lowest BCUT2D eigenvalue weighted by Crippen LogP contribution is -2.54. The Morgan fingerprint density at radius 2 is 1.62 bits per heavy atom. The van der Waals surface area contributed by atoms with E-state index in [0.29, 0.717) is 5.69 Å². The quantitative estimate of drug-likeness (QED) is 0.550. The van der Waals surface area contributed by atoms with Crippen molar-refractivity contribution in [3.63, 3.8) is 0 Å². The van der Waals surface area contributed by atoms with Crippen LogP contribution in [0.1, 0.15) is 11.4 Å². The molecule has 7 heteroatoms. The highest BCUT2D eigenvalue weighted by atomic mass is 19.1. The number of nitrogens with zero attached hydrogens (tertiary/aromatic N) is 2. The number of rotatable bonds is 3. The first kappa shape index (κ1) is 18.4. The molecule has 0 radical (unpaired) electrons. The molecule has 3 aromatic rings. The second kappa shape index (κ2) is 7.20. The number of hydrogen-bond donors (Lipinski definition) is 1. The van der Waals surface area contributed by atoms with Gasteiger partial charge in [-0.15, -0.1) is 0 Å². The van der Waals surface area contributed by atoms with E-state index in [2.05, 4.69) is 5.32 Å². The molecule has 0 saturated carbocycles. The van der Waals surface area contributed by atoms with Gasteiger partial charge in [0.1, 0.15) is 11.4 Å². The summed E-state index contributed by atoms with van der Waals surface area (Å²) in [6.45, 7) is 1.90. The van der Waals surface area contributed by atoms with Gasteiger partial charge in [-0.2, -0.15) is 0 Å². The van der Waals surface area contributed by atoms with E-state index in [4.69, 9.17) is 0 Å². The minimum absolute atomic E-state index is 0.0422. The molecule has 1 fully saturated rings. The molecule has 0 unspecified atom stereocenters. The van der Waals surface area contributed by atoms with Crippen molar-refractivity contribution < 1.29 is 18.8 Å². The normalized spacial score (nSPS) is 15.7. The summed E-state index contributed by atoms with van der Waals surface area (Å²) in [5.41, 5.74) is 2.19. The van der Waals surface area contributed by atoms with Gasteiger partial charge in [-0.3, -0.25) is 14.9 Å².